The maximum atomic E-state index is 12.5. The highest BCUT2D eigenvalue weighted by Gasteiger charge is 2.22. The summed E-state index contributed by atoms with van der Waals surface area (Å²) in [7, 11) is -3.60. The van der Waals surface area contributed by atoms with E-state index in [1.54, 1.807) is 32.3 Å². The molecule has 1 heterocycles. The fraction of sp³-hybridized carbons (Fsp3) is 0.333. The van der Waals surface area contributed by atoms with Crippen LogP contribution in [-0.2, 0) is 21.4 Å². The molecule has 0 bridgehead atoms. The van der Waals surface area contributed by atoms with Gasteiger partial charge >= 0.3 is 0 Å². The molecule has 0 atom stereocenters. The van der Waals surface area contributed by atoms with Crippen LogP contribution in [0.1, 0.15) is 19.4 Å². The van der Waals surface area contributed by atoms with E-state index >= 15 is 0 Å². The highest BCUT2D eigenvalue weighted by atomic mass is 35.5. The topological polar surface area (TPSA) is 88.6 Å². The minimum Gasteiger partial charge on any atom is -0.482 e. The van der Waals surface area contributed by atoms with E-state index in [0.29, 0.717) is 19.6 Å². The van der Waals surface area contributed by atoms with Gasteiger partial charge in [-0.15, -0.1) is 0 Å². The molecule has 1 aromatic carbocycles. The van der Waals surface area contributed by atoms with E-state index in [0.717, 1.165) is 5.56 Å². The first-order valence-electron chi connectivity index (χ1n) is 8.46. The van der Waals surface area contributed by atoms with Crippen LogP contribution < -0.4 is 10.1 Å². The van der Waals surface area contributed by atoms with E-state index in [2.05, 4.69) is 10.3 Å². The monoisotopic (exact) mass is 411 g/mol. The molecule has 7 nitrogen and oxygen atoms in total. The van der Waals surface area contributed by atoms with Crippen molar-refractivity contribution in [2.45, 2.75) is 25.3 Å². The Hall–Kier alpha value is -2.16. The number of halogens is 1. The van der Waals surface area contributed by atoms with E-state index in [-0.39, 0.29) is 28.2 Å². The van der Waals surface area contributed by atoms with Gasteiger partial charge in [0, 0.05) is 32.0 Å². The lowest BCUT2D eigenvalue weighted by Gasteiger charge is -2.19. The molecule has 0 aliphatic heterocycles. The van der Waals surface area contributed by atoms with E-state index in [1.807, 2.05) is 6.07 Å². The van der Waals surface area contributed by atoms with Gasteiger partial charge in [0.25, 0.3) is 5.91 Å². The minimum atomic E-state index is -3.60. The van der Waals surface area contributed by atoms with E-state index < -0.39 is 10.0 Å². The zero-order valence-corrected chi connectivity index (χ0v) is 16.8. The zero-order valence-electron chi connectivity index (χ0n) is 15.2. The molecule has 27 heavy (non-hydrogen) atoms. The summed E-state index contributed by atoms with van der Waals surface area (Å²) >= 11 is 6.13. The van der Waals surface area contributed by atoms with Gasteiger partial charge in [-0.25, -0.2) is 8.42 Å². The average molecular weight is 412 g/mol. The van der Waals surface area contributed by atoms with Gasteiger partial charge < -0.3 is 10.1 Å². The number of ether oxygens (including phenoxy) is 1. The third kappa shape index (κ3) is 5.66. The standard InChI is InChI=1S/C18H22ClN3O4S/c1-3-22(4-2)27(24,25)15-7-8-17(16(19)10-15)26-13-18(23)21-12-14-6-5-9-20-11-14/h5-11H,3-4,12-13H2,1-2H3,(H,21,23). The molecule has 0 aliphatic carbocycles. The van der Waals surface area contributed by atoms with E-state index in [4.69, 9.17) is 16.3 Å². The Kier molecular flexibility index (Phi) is 7.58. The summed E-state index contributed by atoms with van der Waals surface area (Å²) in [4.78, 5) is 15.9. The largest absolute Gasteiger partial charge is 0.482 e. The molecular weight excluding hydrogens is 390 g/mol. The molecule has 1 N–H and O–H groups in total. The number of nitrogens with one attached hydrogen (secondary N) is 1. The quantitative estimate of drug-likeness (QED) is 0.684. The summed E-state index contributed by atoms with van der Waals surface area (Å²) in [5.41, 5.74) is 0.870. The zero-order chi connectivity index (χ0) is 19.9. The van der Waals surface area contributed by atoms with Crippen LogP contribution in [0.15, 0.2) is 47.6 Å². The van der Waals surface area contributed by atoms with Gasteiger partial charge in [-0.1, -0.05) is 31.5 Å². The van der Waals surface area contributed by atoms with Crippen LogP contribution in [0, 0.1) is 0 Å². The Labute approximate surface area is 164 Å². The van der Waals surface area contributed by atoms with Gasteiger partial charge in [0.2, 0.25) is 10.0 Å². The normalized spacial score (nSPS) is 11.4. The lowest BCUT2D eigenvalue weighted by Crippen LogP contribution is -2.30. The summed E-state index contributed by atoms with van der Waals surface area (Å²) in [5.74, 6) is -0.0820. The van der Waals surface area contributed by atoms with E-state index in [1.165, 1.54) is 22.5 Å². The summed E-state index contributed by atoms with van der Waals surface area (Å²) in [6, 6.07) is 7.83. The van der Waals surface area contributed by atoms with Crippen molar-refractivity contribution in [3.05, 3.63) is 53.3 Å². The molecule has 1 amide bonds. The first kappa shape index (κ1) is 21.1. The summed E-state index contributed by atoms with van der Waals surface area (Å²) < 4.78 is 31.7. The van der Waals surface area contributed by atoms with Gasteiger partial charge in [-0.05, 0) is 29.8 Å². The van der Waals surface area contributed by atoms with Gasteiger partial charge in [0.1, 0.15) is 5.75 Å². The van der Waals surface area contributed by atoms with Crippen LogP contribution in [0.2, 0.25) is 5.02 Å². The van der Waals surface area contributed by atoms with Crippen molar-refractivity contribution in [2.75, 3.05) is 19.7 Å². The van der Waals surface area contributed by atoms with Crippen molar-refractivity contribution in [1.82, 2.24) is 14.6 Å². The molecule has 0 unspecified atom stereocenters. The molecule has 2 aromatic rings. The highest BCUT2D eigenvalue weighted by molar-refractivity contribution is 7.89. The van der Waals surface area contributed by atoms with Gasteiger partial charge in [0.05, 0.1) is 9.92 Å². The molecular formula is C18H22ClN3O4S. The summed E-state index contributed by atoms with van der Waals surface area (Å²) in [6.45, 7) is 4.37. The number of benzene rings is 1. The second kappa shape index (κ2) is 9.68. The Morgan fingerprint density at radius 1 is 1.26 bits per heavy atom. The third-order valence-corrected chi connectivity index (χ3v) is 6.16. The fourth-order valence-electron chi connectivity index (χ4n) is 2.37. The van der Waals surface area contributed by atoms with Crippen LogP contribution >= 0.6 is 11.6 Å². The van der Waals surface area contributed by atoms with Crippen molar-refractivity contribution in [3.63, 3.8) is 0 Å². The van der Waals surface area contributed by atoms with Crippen molar-refractivity contribution in [2.24, 2.45) is 0 Å². The first-order valence-corrected chi connectivity index (χ1v) is 10.3. The molecule has 1 aromatic heterocycles. The highest BCUT2D eigenvalue weighted by Crippen LogP contribution is 2.28. The lowest BCUT2D eigenvalue weighted by atomic mass is 10.3. The number of carbonyl (C=O) groups is 1. The maximum absolute atomic E-state index is 12.5. The van der Waals surface area contributed by atoms with Crippen LogP contribution in [0.4, 0.5) is 0 Å². The number of hydrogen-bond acceptors (Lipinski definition) is 5. The Morgan fingerprint density at radius 2 is 2.00 bits per heavy atom. The van der Waals surface area contributed by atoms with Crippen LogP contribution in [0.25, 0.3) is 0 Å². The lowest BCUT2D eigenvalue weighted by molar-refractivity contribution is -0.123. The number of hydrogen-bond donors (Lipinski definition) is 1. The van der Waals surface area contributed by atoms with Crippen molar-refractivity contribution in [1.29, 1.82) is 0 Å². The predicted molar refractivity (Wildman–Crippen MR) is 103 cm³/mol. The second-order valence-electron chi connectivity index (χ2n) is 5.61. The van der Waals surface area contributed by atoms with Crippen molar-refractivity contribution in [3.8, 4) is 5.75 Å². The van der Waals surface area contributed by atoms with Crippen LogP contribution in [0.3, 0.4) is 0 Å². The molecule has 0 spiro atoms. The van der Waals surface area contributed by atoms with E-state index in [9.17, 15) is 13.2 Å². The van der Waals surface area contributed by atoms with Gasteiger partial charge in [-0.3, -0.25) is 9.78 Å². The molecule has 146 valence electrons. The number of carbonyl (C=O) groups excluding carboxylic acids is 1. The predicted octanol–water partition coefficient (Wildman–Crippen LogP) is 2.46. The number of sulfonamides is 1. The SMILES string of the molecule is CCN(CC)S(=O)(=O)c1ccc(OCC(=O)NCc2cccnc2)c(Cl)c1. The average Bonchev–Trinajstić information content (AvgIpc) is 2.67. The summed E-state index contributed by atoms with van der Waals surface area (Å²) in [6.07, 6.45) is 3.31. The van der Waals surface area contributed by atoms with Crippen LogP contribution in [0.5, 0.6) is 5.75 Å². The fourth-order valence-corrected chi connectivity index (χ4v) is 4.15. The third-order valence-electron chi connectivity index (χ3n) is 3.82. The molecule has 2 rings (SSSR count). The number of amides is 1. The first-order chi connectivity index (χ1) is 12.9. The number of aromatic nitrogens is 1. The number of pyridine rings is 1. The Balaban J connectivity index is 1.97. The van der Waals surface area contributed by atoms with Crippen molar-refractivity contribution < 1.29 is 17.9 Å². The van der Waals surface area contributed by atoms with Crippen molar-refractivity contribution >= 4 is 27.5 Å². The van der Waals surface area contributed by atoms with Gasteiger partial charge in [-0.2, -0.15) is 4.31 Å². The Bertz CT molecular complexity index is 871. The summed E-state index contributed by atoms with van der Waals surface area (Å²) in [5, 5.41) is 2.83. The van der Waals surface area contributed by atoms with Crippen LogP contribution in [-0.4, -0.2) is 43.3 Å². The maximum Gasteiger partial charge on any atom is 0.258 e. The number of rotatable bonds is 9. The second-order valence-corrected chi connectivity index (χ2v) is 7.95. The molecule has 0 aliphatic rings. The molecule has 0 saturated heterocycles. The molecule has 0 fully saturated rings. The number of nitrogens with zero attached hydrogens (tertiary/aromatic N) is 2. The minimum absolute atomic E-state index is 0.0876. The van der Waals surface area contributed by atoms with Gasteiger partial charge in [0.15, 0.2) is 6.61 Å². The molecule has 9 heteroatoms. The smallest absolute Gasteiger partial charge is 0.258 e. The molecule has 0 saturated carbocycles. The molecule has 0 radical (unpaired) electrons. The Morgan fingerprint density at radius 3 is 2.59 bits per heavy atom.